The maximum Gasteiger partial charge on any atom is 0.221 e. The summed E-state index contributed by atoms with van der Waals surface area (Å²) < 4.78 is 5.97. The van der Waals surface area contributed by atoms with Gasteiger partial charge in [-0.25, -0.2) is 4.98 Å². The molecule has 1 saturated heterocycles. The van der Waals surface area contributed by atoms with Gasteiger partial charge in [0.1, 0.15) is 18.2 Å². The van der Waals surface area contributed by atoms with Crippen molar-refractivity contribution in [2.75, 3.05) is 25.9 Å². The van der Waals surface area contributed by atoms with Crippen LogP contribution in [-0.4, -0.2) is 41.1 Å². The van der Waals surface area contributed by atoms with Gasteiger partial charge in [-0.3, -0.25) is 0 Å². The lowest BCUT2D eigenvalue weighted by Crippen LogP contribution is -2.40. The predicted octanol–water partition coefficient (Wildman–Crippen LogP) is 2.11. The summed E-state index contributed by atoms with van der Waals surface area (Å²) in [6, 6.07) is 0.490. The number of nitrogen functional groups attached to an aromatic ring is 1. The largest absolute Gasteiger partial charge is 0.476 e. The fourth-order valence-corrected chi connectivity index (χ4v) is 2.72. The Hall–Kier alpha value is -1.36. The van der Waals surface area contributed by atoms with Crippen LogP contribution in [0.5, 0.6) is 5.88 Å². The van der Waals surface area contributed by atoms with Crippen LogP contribution in [0.2, 0.25) is 0 Å². The highest BCUT2D eigenvalue weighted by molar-refractivity contribution is 5.45. The lowest BCUT2D eigenvalue weighted by Gasteiger charge is -2.32. The SMILES string of the molecule is Cc1c(N)nc(C2CC2)nc1OCC1CCCCN1C. The molecule has 1 aliphatic carbocycles. The third-order valence-corrected chi connectivity index (χ3v) is 4.43. The van der Waals surface area contributed by atoms with E-state index in [1.54, 1.807) is 0 Å². The molecule has 0 amide bonds. The number of piperidine rings is 1. The standard InChI is InChI=1S/C15H24N4O/c1-10-13(16)17-14(11-6-7-11)18-15(10)20-9-12-5-3-4-8-19(12)2/h11-12H,3-9H2,1-2H3,(H2,16,17,18). The van der Waals surface area contributed by atoms with Crippen LogP contribution in [0.3, 0.4) is 0 Å². The molecule has 1 aromatic heterocycles. The molecule has 2 N–H and O–H groups in total. The molecule has 2 heterocycles. The highest BCUT2D eigenvalue weighted by Crippen LogP contribution is 2.39. The quantitative estimate of drug-likeness (QED) is 0.912. The molecular weight excluding hydrogens is 252 g/mol. The second kappa shape index (κ2) is 5.56. The Balaban J connectivity index is 1.69. The van der Waals surface area contributed by atoms with Crippen molar-refractivity contribution in [3.63, 3.8) is 0 Å². The van der Waals surface area contributed by atoms with E-state index in [2.05, 4.69) is 21.9 Å². The zero-order valence-corrected chi connectivity index (χ0v) is 12.4. The van der Waals surface area contributed by atoms with Crippen LogP contribution < -0.4 is 10.5 Å². The van der Waals surface area contributed by atoms with E-state index in [-0.39, 0.29) is 0 Å². The first-order valence-corrected chi connectivity index (χ1v) is 7.62. The Morgan fingerprint density at radius 3 is 2.75 bits per heavy atom. The van der Waals surface area contributed by atoms with Gasteiger partial charge in [-0.15, -0.1) is 0 Å². The maximum absolute atomic E-state index is 5.98. The molecule has 1 aliphatic heterocycles. The van der Waals surface area contributed by atoms with Crippen LogP contribution in [0.1, 0.15) is 49.4 Å². The van der Waals surface area contributed by atoms with Crippen molar-refractivity contribution in [1.29, 1.82) is 0 Å². The van der Waals surface area contributed by atoms with Gasteiger partial charge in [0.2, 0.25) is 5.88 Å². The van der Waals surface area contributed by atoms with E-state index in [0.29, 0.717) is 30.3 Å². The van der Waals surface area contributed by atoms with Crippen molar-refractivity contribution in [2.24, 2.45) is 0 Å². The van der Waals surface area contributed by atoms with E-state index in [1.165, 1.54) is 32.1 Å². The van der Waals surface area contributed by atoms with Crippen LogP contribution in [0, 0.1) is 6.92 Å². The Labute approximate surface area is 120 Å². The lowest BCUT2D eigenvalue weighted by molar-refractivity contribution is 0.122. The maximum atomic E-state index is 5.98. The Morgan fingerprint density at radius 2 is 2.05 bits per heavy atom. The molecule has 5 nitrogen and oxygen atoms in total. The first-order valence-electron chi connectivity index (χ1n) is 7.62. The summed E-state index contributed by atoms with van der Waals surface area (Å²) in [4.78, 5) is 11.3. The molecule has 2 fully saturated rings. The zero-order valence-electron chi connectivity index (χ0n) is 12.4. The number of likely N-dealkylation sites (N-methyl/N-ethyl adjacent to an activating group) is 1. The highest BCUT2D eigenvalue weighted by Gasteiger charge is 2.28. The van der Waals surface area contributed by atoms with Gasteiger partial charge < -0.3 is 15.4 Å². The molecule has 0 bridgehead atoms. The summed E-state index contributed by atoms with van der Waals surface area (Å²) in [6.07, 6.45) is 6.13. The molecule has 3 rings (SSSR count). The van der Waals surface area contributed by atoms with Crippen LogP contribution in [0.15, 0.2) is 0 Å². The van der Waals surface area contributed by atoms with Gasteiger partial charge in [-0.2, -0.15) is 4.98 Å². The highest BCUT2D eigenvalue weighted by atomic mass is 16.5. The summed E-state index contributed by atoms with van der Waals surface area (Å²) in [7, 11) is 2.17. The Kier molecular flexibility index (Phi) is 3.78. The monoisotopic (exact) mass is 276 g/mol. The lowest BCUT2D eigenvalue weighted by atomic mass is 10.0. The second-order valence-electron chi connectivity index (χ2n) is 6.11. The molecule has 110 valence electrons. The topological polar surface area (TPSA) is 64.3 Å². The van der Waals surface area contributed by atoms with E-state index >= 15 is 0 Å². The fourth-order valence-electron chi connectivity index (χ4n) is 2.72. The van der Waals surface area contributed by atoms with Crippen molar-refractivity contribution in [2.45, 2.75) is 51.0 Å². The van der Waals surface area contributed by atoms with Crippen LogP contribution in [0.25, 0.3) is 0 Å². The van der Waals surface area contributed by atoms with Crippen LogP contribution in [0.4, 0.5) is 5.82 Å². The van der Waals surface area contributed by atoms with Crippen molar-refractivity contribution in [1.82, 2.24) is 14.9 Å². The van der Waals surface area contributed by atoms with Gasteiger partial charge in [0, 0.05) is 12.0 Å². The molecule has 1 saturated carbocycles. The number of ether oxygens (including phenoxy) is 1. The third kappa shape index (κ3) is 2.87. The van der Waals surface area contributed by atoms with Crippen molar-refractivity contribution >= 4 is 5.82 Å². The van der Waals surface area contributed by atoms with E-state index < -0.39 is 0 Å². The molecule has 1 aromatic rings. The summed E-state index contributed by atoms with van der Waals surface area (Å²) in [5.41, 5.74) is 6.85. The minimum Gasteiger partial charge on any atom is -0.476 e. The average molecular weight is 276 g/mol. The number of nitrogens with two attached hydrogens (primary N) is 1. The van der Waals surface area contributed by atoms with Crippen LogP contribution in [-0.2, 0) is 0 Å². The van der Waals surface area contributed by atoms with Gasteiger partial charge in [0.05, 0.1) is 5.56 Å². The van der Waals surface area contributed by atoms with Gasteiger partial charge in [-0.05, 0) is 46.2 Å². The molecule has 1 atom stereocenters. The van der Waals surface area contributed by atoms with Gasteiger partial charge in [-0.1, -0.05) is 6.42 Å². The molecule has 0 aromatic carbocycles. The number of likely N-dealkylation sites (tertiary alicyclic amines) is 1. The molecule has 1 unspecified atom stereocenters. The smallest absolute Gasteiger partial charge is 0.221 e. The second-order valence-corrected chi connectivity index (χ2v) is 6.11. The number of nitrogens with zero attached hydrogens (tertiary/aromatic N) is 3. The first-order chi connectivity index (χ1) is 9.65. The van der Waals surface area contributed by atoms with E-state index in [9.17, 15) is 0 Å². The van der Waals surface area contributed by atoms with Gasteiger partial charge >= 0.3 is 0 Å². The normalized spacial score (nSPS) is 23.8. The van der Waals surface area contributed by atoms with Crippen molar-refractivity contribution in [3.8, 4) is 5.88 Å². The Morgan fingerprint density at radius 1 is 1.25 bits per heavy atom. The molecule has 20 heavy (non-hydrogen) atoms. The number of rotatable bonds is 4. The summed E-state index contributed by atoms with van der Waals surface area (Å²) >= 11 is 0. The molecular formula is C15H24N4O. The minimum absolute atomic E-state index is 0.490. The molecule has 5 heteroatoms. The predicted molar refractivity (Wildman–Crippen MR) is 78.9 cm³/mol. The Bertz CT molecular complexity index is 487. The van der Waals surface area contributed by atoms with Crippen molar-refractivity contribution < 1.29 is 4.74 Å². The summed E-state index contributed by atoms with van der Waals surface area (Å²) in [5.74, 6) is 2.60. The summed E-state index contributed by atoms with van der Waals surface area (Å²) in [5, 5.41) is 0. The molecule has 0 spiro atoms. The fraction of sp³-hybridized carbons (Fsp3) is 0.733. The van der Waals surface area contributed by atoms with Crippen molar-refractivity contribution in [3.05, 3.63) is 11.4 Å². The number of aromatic nitrogens is 2. The first kappa shape index (κ1) is 13.6. The average Bonchev–Trinajstić information content (AvgIpc) is 3.26. The van der Waals surface area contributed by atoms with E-state index in [1.807, 2.05) is 6.92 Å². The minimum atomic E-state index is 0.490. The van der Waals surface area contributed by atoms with E-state index in [0.717, 1.165) is 17.9 Å². The van der Waals surface area contributed by atoms with Gasteiger partial charge in [0.15, 0.2) is 0 Å². The molecule has 2 aliphatic rings. The van der Waals surface area contributed by atoms with Crippen LogP contribution >= 0.6 is 0 Å². The summed E-state index contributed by atoms with van der Waals surface area (Å²) in [6.45, 7) is 3.79. The number of anilines is 1. The van der Waals surface area contributed by atoms with Gasteiger partial charge in [0.25, 0.3) is 0 Å². The number of hydrogen-bond donors (Lipinski definition) is 1. The number of hydrogen-bond acceptors (Lipinski definition) is 5. The molecule has 0 radical (unpaired) electrons. The zero-order chi connectivity index (χ0) is 14.1. The third-order valence-electron chi connectivity index (χ3n) is 4.43. The van der Waals surface area contributed by atoms with E-state index in [4.69, 9.17) is 10.5 Å².